The van der Waals surface area contributed by atoms with Crippen molar-refractivity contribution in [2.24, 2.45) is 0 Å². The summed E-state index contributed by atoms with van der Waals surface area (Å²) in [6.45, 7) is 2.07. The molecule has 4 nitrogen and oxygen atoms in total. The summed E-state index contributed by atoms with van der Waals surface area (Å²) in [6, 6.07) is 12.3. The number of aryl methyl sites for hydroxylation is 1. The van der Waals surface area contributed by atoms with Crippen LogP contribution in [0.2, 0.25) is 0 Å². The first-order valence-corrected chi connectivity index (χ1v) is 7.77. The quantitative estimate of drug-likeness (QED) is 0.781. The maximum atomic E-state index is 5.47. The molecule has 1 aromatic carbocycles. The maximum Gasteiger partial charge on any atom is 0.151 e. The van der Waals surface area contributed by atoms with Crippen molar-refractivity contribution in [2.75, 3.05) is 7.05 Å². The van der Waals surface area contributed by atoms with Gasteiger partial charge in [-0.25, -0.2) is 0 Å². The second-order valence-corrected chi connectivity index (χ2v) is 5.70. The van der Waals surface area contributed by atoms with Gasteiger partial charge in [0.1, 0.15) is 10.8 Å². The Morgan fingerprint density at radius 2 is 2.00 bits per heavy atom. The summed E-state index contributed by atoms with van der Waals surface area (Å²) in [5.74, 6) is 0.957. The van der Waals surface area contributed by atoms with Crippen molar-refractivity contribution in [2.45, 2.75) is 19.4 Å². The highest BCUT2D eigenvalue weighted by Crippen LogP contribution is 2.32. The highest BCUT2D eigenvalue weighted by atomic mass is 32.1. The molecule has 0 aliphatic carbocycles. The van der Waals surface area contributed by atoms with Crippen LogP contribution in [0.5, 0.6) is 0 Å². The molecule has 0 aliphatic rings. The fourth-order valence-electron chi connectivity index (χ4n) is 2.34. The van der Waals surface area contributed by atoms with Crippen LogP contribution in [0.4, 0.5) is 0 Å². The van der Waals surface area contributed by atoms with Crippen molar-refractivity contribution in [1.82, 2.24) is 15.5 Å². The molecule has 21 heavy (non-hydrogen) atoms. The second kappa shape index (κ2) is 6.20. The molecule has 3 rings (SSSR count). The second-order valence-electron chi connectivity index (χ2n) is 4.69. The Morgan fingerprint density at radius 1 is 1.19 bits per heavy atom. The van der Waals surface area contributed by atoms with Gasteiger partial charge in [-0.1, -0.05) is 48.6 Å². The van der Waals surface area contributed by atoms with E-state index in [-0.39, 0.29) is 6.04 Å². The lowest BCUT2D eigenvalue weighted by molar-refractivity contribution is 0.517. The Kier molecular flexibility index (Phi) is 4.13. The zero-order valence-electron chi connectivity index (χ0n) is 12.0. The normalized spacial score (nSPS) is 12.5. The number of hydrogen-bond acceptors (Lipinski definition) is 5. The molecule has 2 heterocycles. The van der Waals surface area contributed by atoms with Gasteiger partial charge in [0.15, 0.2) is 5.01 Å². The third kappa shape index (κ3) is 2.75. The number of aromatic nitrogens is 2. The van der Waals surface area contributed by atoms with Crippen LogP contribution in [0.1, 0.15) is 29.3 Å². The Hall–Kier alpha value is -1.98. The lowest BCUT2D eigenvalue weighted by Gasteiger charge is -2.12. The van der Waals surface area contributed by atoms with Crippen LogP contribution in [0.3, 0.4) is 0 Å². The van der Waals surface area contributed by atoms with Crippen molar-refractivity contribution in [3.63, 3.8) is 0 Å². The molecule has 0 saturated heterocycles. The minimum absolute atomic E-state index is 0.0643. The van der Waals surface area contributed by atoms with E-state index in [1.54, 1.807) is 17.6 Å². The molecular formula is C16H17N3OS. The zero-order chi connectivity index (χ0) is 14.7. The van der Waals surface area contributed by atoms with Crippen LogP contribution in [0.25, 0.3) is 10.6 Å². The van der Waals surface area contributed by atoms with Crippen molar-refractivity contribution >= 4 is 11.3 Å². The smallest absolute Gasteiger partial charge is 0.151 e. The lowest BCUT2D eigenvalue weighted by atomic mass is 10.1. The highest BCUT2D eigenvalue weighted by molar-refractivity contribution is 7.14. The van der Waals surface area contributed by atoms with Gasteiger partial charge in [0.2, 0.25) is 0 Å². The molecule has 0 radical (unpaired) electrons. The predicted molar refractivity (Wildman–Crippen MR) is 84.3 cm³/mol. The molecule has 0 bridgehead atoms. The molecule has 1 atom stereocenters. The number of nitrogens with one attached hydrogen (secondary N) is 1. The summed E-state index contributed by atoms with van der Waals surface area (Å²) in [7, 11) is 1.94. The molecule has 1 unspecified atom stereocenters. The first-order chi connectivity index (χ1) is 10.3. The van der Waals surface area contributed by atoms with Gasteiger partial charge in [-0.3, -0.25) is 0 Å². The van der Waals surface area contributed by atoms with E-state index in [0.29, 0.717) is 0 Å². The van der Waals surface area contributed by atoms with Gasteiger partial charge in [0, 0.05) is 6.42 Å². The first-order valence-electron chi connectivity index (χ1n) is 6.95. The monoisotopic (exact) mass is 299 g/mol. The third-order valence-corrected chi connectivity index (χ3v) is 4.43. The van der Waals surface area contributed by atoms with Crippen LogP contribution in [0.15, 0.2) is 47.1 Å². The molecule has 108 valence electrons. The number of furan rings is 1. The van der Waals surface area contributed by atoms with Gasteiger partial charge in [-0.15, -0.1) is 10.2 Å². The first kappa shape index (κ1) is 14.0. The Morgan fingerprint density at radius 3 is 2.71 bits per heavy atom. The molecular weight excluding hydrogens is 282 g/mol. The third-order valence-electron chi connectivity index (χ3n) is 3.41. The molecule has 0 aliphatic heterocycles. The van der Waals surface area contributed by atoms with Gasteiger partial charge in [0.05, 0.1) is 17.9 Å². The van der Waals surface area contributed by atoms with Crippen molar-refractivity contribution in [3.05, 3.63) is 59.0 Å². The number of benzene rings is 1. The van der Waals surface area contributed by atoms with Gasteiger partial charge >= 0.3 is 0 Å². The number of rotatable bonds is 5. The summed E-state index contributed by atoms with van der Waals surface area (Å²) in [5, 5.41) is 13.9. The van der Waals surface area contributed by atoms with Crippen LogP contribution < -0.4 is 5.32 Å². The Balaban J connectivity index is 1.94. The molecule has 0 saturated carbocycles. The van der Waals surface area contributed by atoms with Crippen LogP contribution in [-0.2, 0) is 6.42 Å². The fraction of sp³-hybridized carbons (Fsp3) is 0.250. The summed E-state index contributed by atoms with van der Waals surface area (Å²) in [6.07, 6.45) is 2.56. The largest absolute Gasteiger partial charge is 0.469 e. The standard InChI is InChI=1S/C16H17N3OS/c1-3-13-12(9-10-20-13)15-18-19-16(21-15)14(17-2)11-7-5-4-6-8-11/h4-10,14,17H,3H2,1-2H3. The van der Waals surface area contributed by atoms with Crippen LogP contribution in [-0.4, -0.2) is 17.2 Å². The lowest BCUT2D eigenvalue weighted by Crippen LogP contribution is -2.17. The fourth-order valence-corrected chi connectivity index (χ4v) is 3.37. The van der Waals surface area contributed by atoms with Crippen molar-refractivity contribution in [3.8, 4) is 10.6 Å². The average Bonchev–Trinajstić information content (AvgIpc) is 3.17. The summed E-state index contributed by atoms with van der Waals surface area (Å²) in [4.78, 5) is 0. The SMILES string of the molecule is CCc1occc1-c1nnc(C(NC)c2ccccc2)s1. The Labute approximate surface area is 127 Å². The predicted octanol–water partition coefficient (Wildman–Crippen LogP) is 3.67. The highest BCUT2D eigenvalue weighted by Gasteiger charge is 2.19. The van der Waals surface area contributed by atoms with E-state index in [1.807, 2.05) is 31.3 Å². The summed E-state index contributed by atoms with van der Waals surface area (Å²) in [5.41, 5.74) is 2.23. The Bertz CT molecular complexity index is 705. The number of nitrogens with zero attached hydrogens (tertiary/aromatic N) is 2. The maximum absolute atomic E-state index is 5.47. The number of hydrogen-bond donors (Lipinski definition) is 1. The van der Waals surface area contributed by atoms with E-state index >= 15 is 0 Å². The molecule has 3 aromatic rings. The minimum atomic E-state index is 0.0643. The van der Waals surface area contributed by atoms with Crippen LogP contribution in [0, 0.1) is 0 Å². The molecule has 1 N–H and O–H groups in total. The molecule has 0 fully saturated rings. The van der Waals surface area contributed by atoms with Gasteiger partial charge in [-0.05, 0) is 18.7 Å². The zero-order valence-corrected chi connectivity index (χ0v) is 12.9. The van der Waals surface area contributed by atoms with Crippen molar-refractivity contribution in [1.29, 1.82) is 0 Å². The van der Waals surface area contributed by atoms with Gasteiger partial charge in [0.25, 0.3) is 0 Å². The summed E-state index contributed by atoms with van der Waals surface area (Å²) >= 11 is 1.60. The molecule has 2 aromatic heterocycles. The minimum Gasteiger partial charge on any atom is -0.469 e. The van der Waals surface area contributed by atoms with E-state index < -0.39 is 0 Å². The van der Waals surface area contributed by atoms with Crippen LogP contribution >= 0.6 is 11.3 Å². The van der Waals surface area contributed by atoms with E-state index in [4.69, 9.17) is 4.42 Å². The van der Waals surface area contributed by atoms with E-state index in [0.717, 1.165) is 27.8 Å². The van der Waals surface area contributed by atoms with E-state index in [1.165, 1.54) is 5.56 Å². The average molecular weight is 299 g/mol. The van der Waals surface area contributed by atoms with Gasteiger partial charge in [-0.2, -0.15) is 0 Å². The van der Waals surface area contributed by atoms with E-state index in [2.05, 4.69) is 34.6 Å². The molecule has 0 spiro atoms. The topological polar surface area (TPSA) is 51.0 Å². The van der Waals surface area contributed by atoms with Crippen molar-refractivity contribution < 1.29 is 4.42 Å². The summed E-state index contributed by atoms with van der Waals surface area (Å²) < 4.78 is 5.47. The molecule has 5 heteroatoms. The van der Waals surface area contributed by atoms with E-state index in [9.17, 15) is 0 Å². The molecule has 0 amide bonds. The van der Waals surface area contributed by atoms with Gasteiger partial charge < -0.3 is 9.73 Å².